The number of rotatable bonds is 6. The zero-order chi connectivity index (χ0) is 20.8. The Morgan fingerprint density at radius 3 is 2.55 bits per heavy atom. The fraction of sp³-hybridized carbons (Fsp3) is 0.0909. The first-order chi connectivity index (χ1) is 13.9. The van der Waals surface area contributed by atoms with E-state index in [2.05, 4.69) is 10.6 Å². The van der Waals surface area contributed by atoms with Gasteiger partial charge in [-0.3, -0.25) is 9.59 Å². The average molecular weight is 413 g/mol. The minimum Gasteiger partial charge on any atom is -0.489 e. The maximum absolute atomic E-state index is 13.7. The fourth-order valence-electron chi connectivity index (χ4n) is 2.61. The molecule has 0 heterocycles. The van der Waals surface area contributed by atoms with Gasteiger partial charge in [0.05, 0.1) is 5.69 Å². The second-order valence-electron chi connectivity index (χ2n) is 6.28. The van der Waals surface area contributed by atoms with Crippen LogP contribution in [0.4, 0.5) is 15.8 Å². The third kappa shape index (κ3) is 5.80. The first kappa shape index (κ1) is 20.4. The van der Waals surface area contributed by atoms with Gasteiger partial charge in [0, 0.05) is 23.2 Å². The molecule has 3 aromatic rings. The number of halogens is 2. The standard InChI is InChI=1S/C22H18ClFN2O3/c1-14(27)25-21-12-18(8-9-20(21)24)26-22(28)16-5-3-7-19(11-16)29-13-15-4-2-6-17(23)10-15/h2-12H,13H2,1H3,(H,25,27)(H,26,28). The van der Waals surface area contributed by atoms with Gasteiger partial charge in [-0.05, 0) is 54.1 Å². The number of nitrogens with one attached hydrogen (secondary N) is 2. The van der Waals surface area contributed by atoms with Crippen molar-refractivity contribution in [1.82, 2.24) is 0 Å². The van der Waals surface area contributed by atoms with Crippen LogP contribution in [0.25, 0.3) is 0 Å². The molecule has 0 saturated carbocycles. The average Bonchev–Trinajstić information content (AvgIpc) is 2.69. The summed E-state index contributed by atoms with van der Waals surface area (Å²) in [7, 11) is 0. The van der Waals surface area contributed by atoms with Crippen molar-refractivity contribution < 1.29 is 18.7 Å². The van der Waals surface area contributed by atoms with Crippen LogP contribution in [0.1, 0.15) is 22.8 Å². The van der Waals surface area contributed by atoms with Crippen LogP contribution in [0.2, 0.25) is 5.02 Å². The van der Waals surface area contributed by atoms with Gasteiger partial charge >= 0.3 is 0 Å². The maximum atomic E-state index is 13.7. The molecule has 2 amide bonds. The lowest BCUT2D eigenvalue weighted by Crippen LogP contribution is -2.13. The Morgan fingerprint density at radius 2 is 1.79 bits per heavy atom. The Morgan fingerprint density at radius 1 is 1.00 bits per heavy atom. The van der Waals surface area contributed by atoms with Crippen molar-refractivity contribution in [2.45, 2.75) is 13.5 Å². The fourth-order valence-corrected chi connectivity index (χ4v) is 2.83. The Kier molecular flexibility index (Phi) is 6.46. The number of amides is 2. The van der Waals surface area contributed by atoms with E-state index in [9.17, 15) is 14.0 Å². The zero-order valence-electron chi connectivity index (χ0n) is 15.5. The van der Waals surface area contributed by atoms with Crippen LogP contribution < -0.4 is 15.4 Å². The summed E-state index contributed by atoms with van der Waals surface area (Å²) >= 11 is 5.96. The summed E-state index contributed by atoms with van der Waals surface area (Å²) in [6.07, 6.45) is 0. The van der Waals surface area contributed by atoms with E-state index in [-0.39, 0.29) is 5.69 Å². The number of hydrogen-bond donors (Lipinski definition) is 2. The molecule has 3 aromatic carbocycles. The molecule has 7 heteroatoms. The molecule has 2 N–H and O–H groups in total. The van der Waals surface area contributed by atoms with Crippen molar-refractivity contribution in [2.24, 2.45) is 0 Å². The van der Waals surface area contributed by atoms with Crippen molar-refractivity contribution in [3.63, 3.8) is 0 Å². The summed E-state index contributed by atoms with van der Waals surface area (Å²) in [5.74, 6) is -0.860. The molecule has 3 rings (SSSR count). The highest BCUT2D eigenvalue weighted by Gasteiger charge is 2.10. The number of benzene rings is 3. The van der Waals surface area contributed by atoms with Crippen LogP contribution in [0, 0.1) is 5.82 Å². The van der Waals surface area contributed by atoms with Crippen molar-refractivity contribution in [2.75, 3.05) is 10.6 Å². The van der Waals surface area contributed by atoms with Crippen LogP contribution in [0.15, 0.2) is 66.7 Å². The highest BCUT2D eigenvalue weighted by molar-refractivity contribution is 6.30. The number of ether oxygens (including phenoxy) is 1. The Hall–Kier alpha value is -3.38. The lowest BCUT2D eigenvalue weighted by atomic mass is 10.2. The van der Waals surface area contributed by atoms with Gasteiger partial charge in [0.2, 0.25) is 5.91 Å². The van der Waals surface area contributed by atoms with Crippen molar-refractivity contribution in [3.8, 4) is 5.75 Å². The van der Waals surface area contributed by atoms with Gasteiger partial charge in [0.1, 0.15) is 18.2 Å². The minimum absolute atomic E-state index is 0.00564. The lowest BCUT2D eigenvalue weighted by Gasteiger charge is -2.10. The predicted molar refractivity (Wildman–Crippen MR) is 111 cm³/mol. The lowest BCUT2D eigenvalue weighted by molar-refractivity contribution is -0.114. The van der Waals surface area contributed by atoms with Crippen LogP contribution in [-0.4, -0.2) is 11.8 Å². The van der Waals surface area contributed by atoms with Crippen LogP contribution >= 0.6 is 11.6 Å². The largest absolute Gasteiger partial charge is 0.489 e. The topological polar surface area (TPSA) is 67.4 Å². The third-order valence-corrected chi connectivity index (χ3v) is 4.16. The van der Waals surface area contributed by atoms with Crippen LogP contribution in [-0.2, 0) is 11.4 Å². The summed E-state index contributed by atoms with van der Waals surface area (Å²) in [6.45, 7) is 1.59. The number of carbonyl (C=O) groups is 2. The van der Waals surface area contributed by atoms with Gasteiger partial charge in [-0.25, -0.2) is 4.39 Å². The second-order valence-corrected chi connectivity index (χ2v) is 6.71. The first-order valence-corrected chi connectivity index (χ1v) is 9.14. The number of hydrogen-bond acceptors (Lipinski definition) is 3. The second kappa shape index (κ2) is 9.21. The maximum Gasteiger partial charge on any atom is 0.255 e. The van der Waals surface area contributed by atoms with E-state index in [1.165, 1.54) is 25.1 Å². The molecule has 0 saturated heterocycles. The molecule has 0 aliphatic carbocycles. The Balaban J connectivity index is 1.68. The quantitative estimate of drug-likeness (QED) is 0.579. The van der Waals surface area contributed by atoms with Gasteiger partial charge in [-0.1, -0.05) is 29.8 Å². The van der Waals surface area contributed by atoms with Gasteiger partial charge in [0.15, 0.2) is 0 Å². The molecule has 29 heavy (non-hydrogen) atoms. The smallest absolute Gasteiger partial charge is 0.255 e. The molecule has 0 aromatic heterocycles. The molecular formula is C22H18ClFN2O3. The van der Waals surface area contributed by atoms with E-state index in [4.69, 9.17) is 16.3 Å². The molecule has 0 bridgehead atoms. The molecule has 148 valence electrons. The molecular weight excluding hydrogens is 395 g/mol. The van der Waals surface area contributed by atoms with Crippen molar-refractivity contribution in [3.05, 3.63) is 88.7 Å². The van der Waals surface area contributed by atoms with E-state index in [0.717, 1.165) is 5.56 Å². The van der Waals surface area contributed by atoms with Crippen LogP contribution in [0.3, 0.4) is 0 Å². The Labute approximate surface area is 172 Å². The molecule has 0 unspecified atom stereocenters. The molecule has 5 nitrogen and oxygen atoms in total. The minimum atomic E-state index is -0.588. The monoisotopic (exact) mass is 412 g/mol. The normalized spacial score (nSPS) is 10.3. The third-order valence-electron chi connectivity index (χ3n) is 3.93. The highest BCUT2D eigenvalue weighted by Crippen LogP contribution is 2.22. The molecule has 0 fully saturated rings. The summed E-state index contributed by atoms with van der Waals surface area (Å²) in [4.78, 5) is 23.7. The molecule has 0 aliphatic rings. The zero-order valence-corrected chi connectivity index (χ0v) is 16.3. The molecule has 0 atom stereocenters. The van der Waals surface area contributed by atoms with Crippen molar-refractivity contribution in [1.29, 1.82) is 0 Å². The summed E-state index contributed by atoms with van der Waals surface area (Å²) < 4.78 is 19.5. The van der Waals surface area contributed by atoms with Gasteiger partial charge in [0.25, 0.3) is 5.91 Å². The number of anilines is 2. The van der Waals surface area contributed by atoms with E-state index >= 15 is 0 Å². The summed E-state index contributed by atoms with van der Waals surface area (Å²) in [5, 5.41) is 5.68. The summed E-state index contributed by atoms with van der Waals surface area (Å²) in [6, 6.07) is 18.0. The number of carbonyl (C=O) groups excluding carboxylic acids is 2. The van der Waals surface area contributed by atoms with E-state index in [1.54, 1.807) is 36.4 Å². The highest BCUT2D eigenvalue weighted by atomic mass is 35.5. The predicted octanol–water partition coefficient (Wildman–Crippen LogP) is 5.27. The molecule has 0 aliphatic heterocycles. The van der Waals surface area contributed by atoms with Gasteiger partial charge < -0.3 is 15.4 Å². The Bertz CT molecular complexity index is 1060. The summed E-state index contributed by atoms with van der Waals surface area (Å²) in [5.41, 5.74) is 1.63. The van der Waals surface area contributed by atoms with E-state index in [0.29, 0.717) is 28.6 Å². The molecule has 0 radical (unpaired) electrons. The first-order valence-electron chi connectivity index (χ1n) is 8.76. The van der Waals surface area contributed by atoms with E-state index in [1.807, 2.05) is 12.1 Å². The van der Waals surface area contributed by atoms with E-state index < -0.39 is 17.6 Å². The van der Waals surface area contributed by atoms with Gasteiger partial charge in [-0.2, -0.15) is 0 Å². The molecule has 0 spiro atoms. The van der Waals surface area contributed by atoms with Crippen LogP contribution in [0.5, 0.6) is 5.75 Å². The SMILES string of the molecule is CC(=O)Nc1cc(NC(=O)c2cccc(OCc3cccc(Cl)c3)c2)ccc1F. The van der Waals surface area contributed by atoms with Gasteiger partial charge in [-0.15, -0.1) is 0 Å². The van der Waals surface area contributed by atoms with Crippen molar-refractivity contribution >= 4 is 34.8 Å².